The van der Waals surface area contributed by atoms with Crippen molar-refractivity contribution in [1.82, 2.24) is 15.5 Å². The summed E-state index contributed by atoms with van der Waals surface area (Å²) in [7, 11) is 0. The average molecular weight is 243 g/mol. The Bertz CT molecular complexity index is 332. The minimum Gasteiger partial charge on any atom is -0.392 e. The Morgan fingerprint density at radius 3 is 3.19 bits per heavy atom. The van der Waals surface area contributed by atoms with Crippen molar-refractivity contribution in [2.24, 2.45) is 0 Å². The van der Waals surface area contributed by atoms with Crippen molar-refractivity contribution in [3.63, 3.8) is 0 Å². The molecule has 0 bridgehead atoms. The van der Waals surface area contributed by atoms with Crippen LogP contribution in [0.15, 0.2) is 4.52 Å². The van der Waals surface area contributed by atoms with Gasteiger partial charge in [0.1, 0.15) is 0 Å². The minimum atomic E-state index is -0.296. The van der Waals surface area contributed by atoms with Gasteiger partial charge in [0.15, 0.2) is 5.82 Å². The second kappa shape index (κ2) is 5.65. The second-order valence-electron chi connectivity index (χ2n) is 3.95. The van der Waals surface area contributed by atoms with Crippen LogP contribution in [-0.2, 0) is 5.75 Å². The molecule has 0 aliphatic carbocycles. The maximum absolute atomic E-state index is 9.38. The molecule has 0 amide bonds. The molecular weight excluding hydrogens is 226 g/mol. The molecule has 16 heavy (non-hydrogen) atoms. The minimum absolute atomic E-state index is 0.0208. The molecule has 1 aromatic rings. The fourth-order valence-corrected chi connectivity index (χ4v) is 2.41. The standard InChI is InChI=1S/C10H17N3O2S/c1-2-3-16-6-9-12-10(15-13-9)8-4-7(14)5-11-8/h7-8,11,14H,2-6H2,1H3/t7-,8-/m0/s1. The first kappa shape index (κ1) is 11.9. The molecule has 1 fully saturated rings. The van der Waals surface area contributed by atoms with E-state index in [4.69, 9.17) is 4.52 Å². The molecule has 90 valence electrons. The highest BCUT2D eigenvalue weighted by Crippen LogP contribution is 2.22. The fraction of sp³-hybridized carbons (Fsp3) is 0.800. The lowest BCUT2D eigenvalue weighted by molar-refractivity contribution is 0.191. The van der Waals surface area contributed by atoms with Gasteiger partial charge in [-0.1, -0.05) is 12.1 Å². The first-order valence-electron chi connectivity index (χ1n) is 5.61. The molecule has 0 radical (unpaired) electrons. The van der Waals surface area contributed by atoms with E-state index in [9.17, 15) is 5.11 Å². The van der Waals surface area contributed by atoms with Gasteiger partial charge in [-0.05, 0) is 18.6 Å². The maximum atomic E-state index is 9.38. The predicted octanol–water partition coefficient (Wildman–Crippen LogP) is 1.11. The molecule has 1 aliphatic heterocycles. The zero-order valence-corrected chi connectivity index (χ0v) is 10.2. The van der Waals surface area contributed by atoms with Gasteiger partial charge in [-0.25, -0.2) is 0 Å². The van der Waals surface area contributed by atoms with Gasteiger partial charge >= 0.3 is 0 Å². The Morgan fingerprint density at radius 1 is 1.62 bits per heavy atom. The van der Waals surface area contributed by atoms with Gasteiger partial charge < -0.3 is 14.9 Å². The maximum Gasteiger partial charge on any atom is 0.243 e. The van der Waals surface area contributed by atoms with E-state index in [1.165, 1.54) is 0 Å². The SMILES string of the molecule is CCCSCc1noc([C@@H]2C[C@H](O)CN2)n1. The summed E-state index contributed by atoms with van der Waals surface area (Å²) in [6.45, 7) is 2.76. The Balaban J connectivity index is 1.87. The summed E-state index contributed by atoms with van der Waals surface area (Å²) in [6, 6.07) is 0.0208. The predicted molar refractivity (Wildman–Crippen MR) is 62.1 cm³/mol. The number of hydrogen-bond donors (Lipinski definition) is 2. The van der Waals surface area contributed by atoms with Crippen LogP contribution in [0, 0.1) is 0 Å². The molecule has 5 nitrogen and oxygen atoms in total. The molecule has 1 aromatic heterocycles. The number of aliphatic hydroxyl groups excluding tert-OH is 1. The average Bonchev–Trinajstić information content (AvgIpc) is 2.87. The van der Waals surface area contributed by atoms with E-state index in [0.717, 1.165) is 23.8 Å². The lowest BCUT2D eigenvalue weighted by Gasteiger charge is -2.01. The first-order valence-corrected chi connectivity index (χ1v) is 6.76. The Morgan fingerprint density at radius 2 is 2.50 bits per heavy atom. The third kappa shape index (κ3) is 2.96. The van der Waals surface area contributed by atoms with Gasteiger partial charge in [0.25, 0.3) is 0 Å². The Hall–Kier alpha value is -0.590. The van der Waals surface area contributed by atoms with E-state index in [0.29, 0.717) is 18.9 Å². The molecule has 6 heteroatoms. The molecule has 0 aromatic carbocycles. The van der Waals surface area contributed by atoms with Crippen LogP contribution in [0.5, 0.6) is 0 Å². The second-order valence-corrected chi connectivity index (χ2v) is 5.06. The third-order valence-corrected chi connectivity index (χ3v) is 3.63. The van der Waals surface area contributed by atoms with E-state index >= 15 is 0 Å². The number of aromatic nitrogens is 2. The number of nitrogens with one attached hydrogen (secondary N) is 1. The molecule has 2 atom stereocenters. The fourth-order valence-electron chi connectivity index (χ4n) is 1.68. The van der Waals surface area contributed by atoms with Gasteiger partial charge in [-0.15, -0.1) is 0 Å². The highest BCUT2D eigenvalue weighted by Gasteiger charge is 2.27. The topological polar surface area (TPSA) is 71.2 Å². The van der Waals surface area contributed by atoms with Crippen LogP contribution >= 0.6 is 11.8 Å². The molecule has 0 unspecified atom stereocenters. The van der Waals surface area contributed by atoms with Crippen molar-refractivity contribution < 1.29 is 9.63 Å². The van der Waals surface area contributed by atoms with Crippen molar-refractivity contribution >= 4 is 11.8 Å². The van der Waals surface area contributed by atoms with Crippen molar-refractivity contribution in [2.75, 3.05) is 12.3 Å². The molecule has 2 heterocycles. The van der Waals surface area contributed by atoms with E-state index < -0.39 is 0 Å². The number of aliphatic hydroxyl groups is 1. The van der Waals surface area contributed by atoms with Crippen molar-refractivity contribution in [2.45, 2.75) is 37.7 Å². The van der Waals surface area contributed by atoms with Crippen LogP contribution in [0.25, 0.3) is 0 Å². The van der Waals surface area contributed by atoms with Crippen LogP contribution in [0.4, 0.5) is 0 Å². The number of hydrogen-bond acceptors (Lipinski definition) is 6. The van der Waals surface area contributed by atoms with E-state index in [2.05, 4.69) is 22.4 Å². The van der Waals surface area contributed by atoms with Crippen LogP contribution in [0.3, 0.4) is 0 Å². The number of rotatable bonds is 5. The summed E-state index contributed by atoms with van der Waals surface area (Å²) in [6.07, 6.45) is 1.52. The first-order chi connectivity index (χ1) is 7.79. The lowest BCUT2D eigenvalue weighted by Crippen LogP contribution is -2.15. The normalized spacial score (nSPS) is 25.1. The monoisotopic (exact) mass is 243 g/mol. The number of thioether (sulfide) groups is 1. The van der Waals surface area contributed by atoms with Crippen molar-refractivity contribution in [3.05, 3.63) is 11.7 Å². The molecule has 0 spiro atoms. The van der Waals surface area contributed by atoms with Gasteiger partial charge in [-0.3, -0.25) is 0 Å². The van der Waals surface area contributed by atoms with Crippen LogP contribution in [-0.4, -0.2) is 33.6 Å². The molecule has 1 saturated heterocycles. The quantitative estimate of drug-likeness (QED) is 0.755. The summed E-state index contributed by atoms with van der Waals surface area (Å²) in [5.41, 5.74) is 0. The molecule has 2 N–H and O–H groups in total. The number of β-amino-alcohol motifs (C(OH)–C–C–N with tert-alkyl or cyclic N) is 1. The van der Waals surface area contributed by atoms with Gasteiger partial charge in [0, 0.05) is 6.54 Å². The summed E-state index contributed by atoms with van der Waals surface area (Å²) in [4.78, 5) is 4.33. The van der Waals surface area contributed by atoms with E-state index in [-0.39, 0.29) is 12.1 Å². The van der Waals surface area contributed by atoms with Gasteiger partial charge in [0.2, 0.25) is 5.89 Å². The third-order valence-electron chi connectivity index (χ3n) is 2.47. The molecule has 0 saturated carbocycles. The van der Waals surface area contributed by atoms with E-state index in [1.807, 2.05) is 11.8 Å². The zero-order chi connectivity index (χ0) is 11.4. The summed E-state index contributed by atoms with van der Waals surface area (Å²) in [5.74, 6) is 3.26. The van der Waals surface area contributed by atoms with Gasteiger partial charge in [0.05, 0.1) is 17.9 Å². The highest BCUT2D eigenvalue weighted by atomic mass is 32.2. The van der Waals surface area contributed by atoms with Crippen molar-refractivity contribution in [3.8, 4) is 0 Å². The van der Waals surface area contributed by atoms with Crippen LogP contribution in [0.2, 0.25) is 0 Å². The lowest BCUT2D eigenvalue weighted by atomic mass is 10.2. The van der Waals surface area contributed by atoms with Gasteiger partial charge in [-0.2, -0.15) is 16.7 Å². The zero-order valence-electron chi connectivity index (χ0n) is 9.35. The van der Waals surface area contributed by atoms with Crippen molar-refractivity contribution in [1.29, 1.82) is 0 Å². The molecular formula is C10H17N3O2S. The molecule has 1 aliphatic rings. The smallest absolute Gasteiger partial charge is 0.243 e. The summed E-state index contributed by atoms with van der Waals surface area (Å²) in [5, 5.41) is 16.5. The largest absolute Gasteiger partial charge is 0.392 e. The summed E-state index contributed by atoms with van der Waals surface area (Å²) >= 11 is 1.81. The molecule has 2 rings (SSSR count). The van der Waals surface area contributed by atoms with Crippen LogP contribution < -0.4 is 5.32 Å². The van der Waals surface area contributed by atoms with Crippen LogP contribution in [0.1, 0.15) is 37.5 Å². The van der Waals surface area contributed by atoms with E-state index in [1.54, 1.807) is 0 Å². The Kier molecular flexibility index (Phi) is 4.20. The highest BCUT2D eigenvalue weighted by molar-refractivity contribution is 7.98. The number of nitrogens with zero attached hydrogens (tertiary/aromatic N) is 2. The summed E-state index contributed by atoms with van der Waals surface area (Å²) < 4.78 is 5.18. The Labute approximate surface area is 99.0 Å².